The number of methoxy groups -OCH3 is 1. The van der Waals surface area contributed by atoms with E-state index in [-0.39, 0.29) is 5.82 Å². The number of anilines is 1. The molecule has 1 aromatic heterocycles. The van der Waals surface area contributed by atoms with E-state index in [9.17, 15) is 4.39 Å². The molecule has 0 amide bonds. The summed E-state index contributed by atoms with van der Waals surface area (Å²) < 4.78 is 18.3. The minimum Gasteiger partial charge on any atom is -0.496 e. The van der Waals surface area contributed by atoms with Crippen LogP contribution >= 0.6 is 0 Å². The minimum atomic E-state index is -0.372. The second-order valence-corrected chi connectivity index (χ2v) is 3.61. The van der Waals surface area contributed by atoms with Gasteiger partial charge >= 0.3 is 0 Å². The summed E-state index contributed by atoms with van der Waals surface area (Å²) in [5, 5.41) is 0. The van der Waals surface area contributed by atoms with Crippen molar-refractivity contribution in [1.29, 1.82) is 0 Å². The molecule has 5 heteroatoms. The first kappa shape index (κ1) is 11.3. The topological polar surface area (TPSA) is 61.0 Å². The zero-order chi connectivity index (χ0) is 12.4. The molecule has 0 aliphatic rings. The highest BCUT2D eigenvalue weighted by molar-refractivity contribution is 5.65. The van der Waals surface area contributed by atoms with E-state index in [0.29, 0.717) is 23.0 Å². The Morgan fingerprint density at radius 1 is 1.35 bits per heavy atom. The Balaban J connectivity index is 2.58. The molecule has 0 unspecified atom stereocenters. The van der Waals surface area contributed by atoms with Crippen LogP contribution in [0.5, 0.6) is 5.75 Å². The van der Waals surface area contributed by atoms with Crippen molar-refractivity contribution in [1.82, 2.24) is 9.97 Å². The fourth-order valence-electron chi connectivity index (χ4n) is 1.44. The van der Waals surface area contributed by atoms with Gasteiger partial charge in [0.15, 0.2) is 5.82 Å². The minimum absolute atomic E-state index is 0.351. The Morgan fingerprint density at radius 2 is 2.12 bits per heavy atom. The van der Waals surface area contributed by atoms with Crippen LogP contribution < -0.4 is 10.5 Å². The predicted octanol–water partition coefficient (Wildman–Crippen LogP) is 2.18. The summed E-state index contributed by atoms with van der Waals surface area (Å²) in [6.07, 6.45) is 1.60. The molecule has 2 N–H and O–H groups in total. The number of ether oxygens (including phenoxy) is 1. The zero-order valence-electron chi connectivity index (χ0n) is 9.57. The summed E-state index contributed by atoms with van der Waals surface area (Å²) in [4.78, 5) is 8.23. The summed E-state index contributed by atoms with van der Waals surface area (Å²) in [6.45, 7) is 1.81. The summed E-state index contributed by atoms with van der Waals surface area (Å²) in [5.41, 5.74) is 6.97. The first-order chi connectivity index (χ1) is 8.11. The van der Waals surface area contributed by atoms with Gasteiger partial charge in [-0.25, -0.2) is 14.4 Å². The van der Waals surface area contributed by atoms with Crippen LogP contribution in [0, 0.1) is 12.7 Å². The fourth-order valence-corrected chi connectivity index (χ4v) is 1.44. The van der Waals surface area contributed by atoms with Gasteiger partial charge in [-0.05, 0) is 25.1 Å². The largest absolute Gasteiger partial charge is 0.496 e. The number of hydrogen-bond donors (Lipinski definition) is 1. The third-order valence-electron chi connectivity index (χ3n) is 2.41. The van der Waals surface area contributed by atoms with Crippen molar-refractivity contribution in [2.45, 2.75) is 6.92 Å². The standard InChI is InChI=1S/C12H12FN3O/c1-7-6-15-12(16-11(7)14)9-5-8(13)3-4-10(9)17-2/h3-6H,1-2H3,(H2,14,15,16). The highest BCUT2D eigenvalue weighted by atomic mass is 19.1. The lowest BCUT2D eigenvalue weighted by atomic mass is 10.1. The summed E-state index contributed by atoms with van der Waals surface area (Å²) in [6, 6.07) is 4.17. The monoisotopic (exact) mass is 233 g/mol. The molecule has 0 saturated carbocycles. The first-order valence-electron chi connectivity index (χ1n) is 5.05. The number of halogens is 1. The molecule has 1 aromatic carbocycles. The van der Waals surface area contributed by atoms with E-state index in [0.717, 1.165) is 5.56 Å². The third kappa shape index (κ3) is 2.18. The number of nitrogens with zero attached hydrogens (tertiary/aromatic N) is 2. The molecule has 2 aromatic rings. The van der Waals surface area contributed by atoms with E-state index in [1.165, 1.54) is 25.3 Å². The van der Waals surface area contributed by atoms with Gasteiger partial charge in [0.05, 0.1) is 12.7 Å². The molecule has 0 aliphatic heterocycles. The zero-order valence-corrected chi connectivity index (χ0v) is 9.57. The maximum Gasteiger partial charge on any atom is 0.165 e. The van der Waals surface area contributed by atoms with Crippen LogP contribution in [0.15, 0.2) is 24.4 Å². The van der Waals surface area contributed by atoms with Crippen LogP contribution in [-0.4, -0.2) is 17.1 Å². The van der Waals surface area contributed by atoms with Crippen molar-refractivity contribution >= 4 is 5.82 Å². The number of nitrogens with two attached hydrogens (primary N) is 1. The Bertz CT molecular complexity index is 557. The van der Waals surface area contributed by atoms with E-state index in [4.69, 9.17) is 10.5 Å². The maximum absolute atomic E-state index is 13.2. The lowest BCUT2D eigenvalue weighted by Crippen LogP contribution is -1.99. The normalized spacial score (nSPS) is 10.3. The third-order valence-corrected chi connectivity index (χ3v) is 2.41. The van der Waals surface area contributed by atoms with Crippen molar-refractivity contribution in [3.63, 3.8) is 0 Å². The van der Waals surface area contributed by atoms with Crippen LogP contribution in [0.3, 0.4) is 0 Å². The fraction of sp³-hybridized carbons (Fsp3) is 0.167. The molecule has 0 aliphatic carbocycles. The average Bonchev–Trinajstić information content (AvgIpc) is 2.32. The number of rotatable bonds is 2. The second-order valence-electron chi connectivity index (χ2n) is 3.61. The number of nitrogen functional groups attached to an aromatic ring is 1. The quantitative estimate of drug-likeness (QED) is 0.863. The maximum atomic E-state index is 13.2. The molecule has 0 spiro atoms. The van der Waals surface area contributed by atoms with Crippen LogP contribution in [0.1, 0.15) is 5.56 Å². The SMILES string of the molecule is COc1ccc(F)cc1-c1ncc(C)c(N)n1. The number of benzene rings is 1. The molecule has 2 rings (SSSR count). The molecule has 0 radical (unpaired) electrons. The van der Waals surface area contributed by atoms with Crippen molar-refractivity contribution in [2.75, 3.05) is 12.8 Å². The molecule has 4 nitrogen and oxygen atoms in total. The highest BCUT2D eigenvalue weighted by Gasteiger charge is 2.11. The van der Waals surface area contributed by atoms with Crippen molar-refractivity contribution in [3.8, 4) is 17.1 Å². The van der Waals surface area contributed by atoms with Gasteiger partial charge in [-0.3, -0.25) is 0 Å². The average molecular weight is 233 g/mol. The molecule has 0 fully saturated rings. The van der Waals surface area contributed by atoms with Gasteiger partial charge in [-0.1, -0.05) is 0 Å². The summed E-state index contributed by atoms with van der Waals surface area (Å²) in [5.74, 6) is 0.865. The van der Waals surface area contributed by atoms with E-state index < -0.39 is 0 Å². The number of aryl methyl sites for hydroxylation is 1. The molecule has 0 bridgehead atoms. The van der Waals surface area contributed by atoms with Gasteiger partial charge in [0, 0.05) is 11.8 Å². The Labute approximate surface area is 98.3 Å². The van der Waals surface area contributed by atoms with Crippen molar-refractivity contribution in [3.05, 3.63) is 35.8 Å². The van der Waals surface area contributed by atoms with Crippen molar-refractivity contribution in [2.24, 2.45) is 0 Å². The first-order valence-corrected chi connectivity index (χ1v) is 5.05. The van der Waals surface area contributed by atoms with Gasteiger partial charge in [0.2, 0.25) is 0 Å². The lowest BCUT2D eigenvalue weighted by molar-refractivity contribution is 0.415. The van der Waals surface area contributed by atoms with Crippen LogP contribution in [-0.2, 0) is 0 Å². The highest BCUT2D eigenvalue weighted by Crippen LogP contribution is 2.28. The van der Waals surface area contributed by atoms with Gasteiger partial charge in [0.1, 0.15) is 17.4 Å². The van der Waals surface area contributed by atoms with Crippen LogP contribution in [0.4, 0.5) is 10.2 Å². The summed E-state index contributed by atoms with van der Waals surface area (Å²) in [7, 11) is 1.51. The molecule has 17 heavy (non-hydrogen) atoms. The van der Waals surface area contributed by atoms with E-state index in [1.54, 1.807) is 6.20 Å². The smallest absolute Gasteiger partial charge is 0.165 e. The molecule has 88 valence electrons. The second kappa shape index (κ2) is 4.37. The predicted molar refractivity (Wildman–Crippen MR) is 63.1 cm³/mol. The number of aromatic nitrogens is 2. The van der Waals surface area contributed by atoms with E-state index in [1.807, 2.05) is 6.92 Å². The Morgan fingerprint density at radius 3 is 2.76 bits per heavy atom. The summed E-state index contributed by atoms with van der Waals surface area (Å²) >= 11 is 0. The van der Waals surface area contributed by atoms with Gasteiger partial charge in [-0.2, -0.15) is 0 Å². The van der Waals surface area contributed by atoms with E-state index >= 15 is 0 Å². The Hall–Kier alpha value is -2.17. The van der Waals surface area contributed by atoms with Crippen molar-refractivity contribution < 1.29 is 9.13 Å². The molecular formula is C12H12FN3O. The molecule has 0 saturated heterocycles. The molecule has 0 atom stereocenters. The van der Waals surface area contributed by atoms with E-state index in [2.05, 4.69) is 9.97 Å². The van der Waals surface area contributed by atoms with Crippen LogP contribution in [0.25, 0.3) is 11.4 Å². The number of hydrogen-bond acceptors (Lipinski definition) is 4. The van der Waals surface area contributed by atoms with Gasteiger partial charge in [-0.15, -0.1) is 0 Å². The van der Waals surface area contributed by atoms with Gasteiger partial charge < -0.3 is 10.5 Å². The Kier molecular flexibility index (Phi) is 2.91. The lowest BCUT2D eigenvalue weighted by Gasteiger charge is -2.08. The molecular weight excluding hydrogens is 221 g/mol. The van der Waals surface area contributed by atoms with Gasteiger partial charge in [0.25, 0.3) is 0 Å². The molecule has 1 heterocycles. The van der Waals surface area contributed by atoms with Crippen LogP contribution in [0.2, 0.25) is 0 Å².